The summed E-state index contributed by atoms with van der Waals surface area (Å²) in [7, 11) is 2.21. The predicted molar refractivity (Wildman–Crippen MR) is 111 cm³/mol. The van der Waals surface area contributed by atoms with Gasteiger partial charge in [-0.1, -0.05) is 32.6 Å². The SMILES string of the molecule is CCCCCCC(C)NC(=NCCCCN1CCN(C)CC1)NCC. The van der Waals surface area contributed by atoms with Crippen molar-refractivity contribution in [3.8, 4) is 0 Å². The molecular weight excluding hydrogens is 310 g/mol. The van der Waals surface area contributed by atoms with Gasteiger partial charge in [0.2, 0.25) is 0 Å². The van der Waals surface area contributed by atoms with Crippen molar-refractivity contribution in [3.63, 3.8) is 0 Å². The molecule has 1 unspecified atom stereocenters. The first-order valence-electron chi connectivity index (χ1n) is 10.6. The van der Waals surface area contributed by atoms with Crippen molar-refractivity contribution in [2.75, 3.05) is 52.9 Å². The minimum absolute atomic E-state index is 0.500. The Hall–Kier alpha value is -0.810. The van der Waals surface area contributed by atoms with Crippen LogP contribution < -0.4 is 10.6 Å². The van der Waals surface area contributed by atoms with E-state index in [4.69, 9.17) is 4.99 Å². The summed E-state index contributed by atoms with van der Waals surface area (Å²) in [6.45, 7) is 14.6. The minimum Gasteiger partial charge on any atom is -0.357 e. The Kier molecular flexibility index (Phi) is 12.8. The molecule has 0 aromatic rings. The number of aliphatic imine (C=N–C) groups is 1. The quantitative estimate of drug-likeness (QED) is 0.322. The Morgan fingerprint density at radius 2 is 1.76 bits per heavy atom. The van der Waals surface area contributed by atoms with Crippen LogP contribution in [0.15, 0.2) is 4.99 Å². The largest absolute Gasteiger partial charge is 0.357 e. The maximum Gasteiger partial charge on any atom is 0.191 e. The van der Waals surface area contributed by atoms with Gasteiger partial charge >= 0.3 is 0 Å². The fourth-order valence-corrected chi connectivity index (χ4v) is 3.21. The molecule has 1 aliphatic rings. The Bertz CT molecular complexity index is 337. The van der Waals surface area contributed by atoms with Gasteiger partial charge in [0.25, 0.3) is 0 Å². The van der Waals surface area contributed by atoms with E-state index in [9.17, 15) is 0 Å². The number of rotatable bonds is 12. The van der Waals surface area contributed by atoms with Gasteiger partial charge in [-0.2, -0.15) is 0 Å². The van der Waals surface area contributed by atoms with Gasteiger partial charge in [0, 0.05) is 45.3 Å². The highest BCUT2D eigenvalue weighted by molar-refractivity contribution is 5.79. The van der Waals surface area contributed by atoms with Crippen LogP contribution >= 0.6 is 0 Å². The molecule has 0 saturated carbocycles. The summed E-state index contributed by atoms with van der Waals surface area (Å²) in [6.07, 6.45) is 8.98. The van der Waals surface area contributed by atoms with E-state index in [0.29, 0.717) is 6.04 Å². The van der Waals surface area contributed by atoms with Gasteiger partial charge in [0.05, 0.1) is 0 Å². The third-order valence-electron chi connectivity index (χ3n) is 4.97. The number of hydrogen-bond donors (Lipinski definition) is 2. The Labute approximate surface area is 156 Å². The number of hydrogen-bond acceptors (Lipinski definition) is 3. The van der Waals surface area contributed by atoms with Crippen LogP contribution in [0.4, 0.5) is 0 Å². The Balaban J connectivity index is 2.16. The molecule has 1 fully saturated rings. The molecule has 1 atom stereocenters. The molecule has 0 spiro atoms. The van der Waals surface area contributed by atoms with Crippen molar-refractivity contribution in [1.29, 1.82) is 0 Å². The summed E-state index contributed by atoms with van der Waals surface area (Å²) >= 11 is 0. The van der Waals surface area contributed by atoms with Crippen molar-refractivity contribution in [2.45, 2.75) is 71.8 Å². The highest BCUT2D eigenvalue weighted by Crippen LogP contribution is 2.05. The van der Waals surface area contributed by atoms with Crippen molar-refractivity contribution in [3.05, 3.63) is 0 Å². The number of piperazine rings is 1. The van der Waals surface area contributed by atoms with Crippen LogP contribution in [-0.4, -0.2) is 74.7 Å². The van der Waals surface area contributed by atoms with E-state index in [1.165, 1.54) is 77.7 Å². The summed E-state index contributed by atoms with van der Waals surface area (Å²) in [5, 5.41) is 6.95. The lowest BCUT2D eigenvalue weighted by Crippen LogP contribution is -2.44. The summed E-state index contributed by atoms with van der Waals surface area (Å²) < 4.78 is 0. The predicted octanol–water partition coefficient (Wildman–Crippen LogP) is 2.93. The Morgan fingerprint density at radius 3 is 2.44 bits per heavy atom. The normalized spacial score (nSPS) is 18.3. The van der Waals surface area contributed by atoms with Crippen LogP contribution in [0.5, 0.6) is 0 Å². The van der Waals surface area contributed by atoms with Crippen molar-refractivity contribution < 1.29 is 0 Å². The molecule has 0 aromatic heterocycles. The molecule has 148 valence electrons. The van der Waals surface area contributed by atoms with Gasteiger partial charge < -0.3 is 20.4 Å². The molecular formula is C20H43N5. The molecule has 2 N–H and O–H groups in total. The van der Waals surface area contributed by atoms with E-state index in [1.54, 1.807) is 0 Å². The van der Waals surface area contributed by atoms with Crippen LogP contribution in [-0.2, 0) is 0 Å². The van der Waals surface area contributed by atoms with Crippen molar-refractivity contribution in [2.24, 2.45) is 4.99 Å². The monoisotopic (exact) mass is 353 g/mol. The summed E-state index contributed by atoms with van der Waals surface area (Å²) in [6, 6.07) is 0.500. The third-order valence-corrected chi connectivity index (χ3v) is 4.97. The van der Waals surface area contributed by atoms with E-state index in [-0.39, 0.29) is 0 Å². The lowest BCUT2D eigenvalue weighted by atomic mass is 10.1. The fourth-order valence-electron chi connectivity index (χ4n) is 3.21. The zero-order chi connectivity index (χ0) is 18.3. The first-order valence-corrected chi connectivity index (χ1v) is 10.6. The second-order valence-corrected chi connectivity index (χ2v) is 7.51. The molecule has 0 bridgehead atoms. The maximum absolute atomic E-state index is 4.76. The minimum atomic E-state index is 0.500. The lowest BCUT2D eigenvalue weighted by Gasteiger charge is -2.32. The molecule has 0 radical (unpaired) electrons. The van der Waals surface area contributed by atoms with Crippen LogP contribution in [0.3, 0.4) is 0 Å². The first-order chi connectivity index (χ1) is 12.2. The zero-order valence-corrected chi connectivity index (χ0v) is 17.3. The number of likely N-dealkylation sites (N-methyl/N-ethyl adjacent to an activating group) is 1. The maximum atomic E-state index is 4.76. The van der Waals surface area contributed by atoms with Crippen LogP contribution in [0.2, 0.25) is 0 Å². The van der Waals surface area contributed by atoms with Crippen molar-refractivity contribution in [1.82, 2.24) is 20.4 Å². The zero-order valence-electron chi connectivity index (χ0n) is 17.3. The second-order valence-electron chi connectivity index (χ2n) is 7.51. The number of nitrogens with one attached hydrogen (secondary N) is 2. The molecule has 1 heterocycles. The number of guanidine groups is 1. The van der Waals surface area contributed by atoms with Gasteiger partial charge in [-0.05, 0) is 46.7 Å². The van der Waals surface area contributed by atoms with Crippen LogP contribution in [0, 0.1) is 0 Å². The van der Waals surface area contributed by atoms with Gasteiger partial charge in [0.1, 0.15) is 0 Å². The number of nitrogens with zero attached hydrogens (tertiary/aromatic N) is 3. The van der Waals surface area contributed by atoms with Gasteiger partial charge in [0.15, 0.2) is 5.96 Å². The molecule has 1 aliphatic heterocycles. The van der Waals surface area contributed by atoms with E-state index < -0.39 is 0 Å². The van der Waals surface area contributed by atoms with Crippen LogP contribution in [0.1, 0.15) is 65.7 Å². The molecule has 1 rings (SSSR count). The van der Waals surface area contributed by atoms with E-state index in [0.717, 1.165) is 19.0 Å². The standard InChI is InChI=1S/C20H43N5/c1-5-7-8-9-12-19(3)23-20(21-6-2)22-13-10-11-14-25-17-15-24(4)16-18-25/h19H,5-18H2,1-4H3,(H2,21,22,23). The molecule has 1 saturated heterocycles. The highest BCUT2D eigenvalue weighted by atomic mass is 15.2. The van der Waals surface area contributed by atoms with Crippen LogP contribution in [0.25, 0.3) is 0 Å². The smallest absolute Gasteiger partial charge is 0.191 e. The second kappa shape index (κ2) is 14.4. The van der Waals surface area contributed by atoms with E-state index >= 15 is 0 Å². The Morgan fingerprint density at radius 1 is 1.00 bits per heavy atom. The molecule has 5 nitrogen and oxygen atoms in total. The summed E-state index contributed by atoms with van der Waals surface area (Å²) in [5.41, 5.74) is 0. The molecule has 25 heavy (non-hydrogen) atoms. The third kappa shape index (κ3) is 11.4. The molecule has 0 amide bonds. The molecule has 0 aliphatic carbocycles. The first kappa shape index (κ1) is 22.2. The van der Waals surface area contributed by atoms with Gasteiger partial charge in [-0.25, -0.2) is 0 Å². The lowest BCUT2D eigenvalue weighted by molar-refractivity contribution is 0.152. The van der Waals surface area contributed by atoms with Gasteiger partial charge in [-0.3, -0.25) is 4.99 Å². The molecule has 0 aromatic carbocycles. The number of unbranched alkanes of at least 4 members (excludes halogenated alkanes) is 4. The van der Waals surface area contributed by atoms with Gasteiger partial charge in [-0.15, -0.1) is 0 Å². The fraction of sp³-hybridized carbons (Fsp3) is 0.950. The topological polar surface area (TPSA) is 42.9 Å². The summed E-state index contributed by atoms with van der Waals surface area (Å²) in [5.74, 6) is 0.991. The van der Waals surface area contributed by atoms with Crippen molar-refractivity contribution >= 4 is 5.96 Å². The summed E-state index contributed by atoms with van der Waals surface area (Å²) in [4.78, 5) is 9.76. The van der Waals surface area contributed by atoms with E-state index in [2.05, 4.69) is 48.3 Å². The van der Waals surface area contributed by atoms with E-state index in [1.807, 2.05) is 0 Å². The average Bonchev–Trinajstić information content (AvgIpc) is 2.60. The average molecular weight is 354 g/mol. The highest BCUT2D eigenvalue weighted by Gasteiger charge is 2.12. The molecule has 5 heteroatoms.